The molecule has 0 amide bonds. The van der Waals surface area contributed by atoms with Crippen LogP contribution in [0.2, 0.25) is 0 Å². The number of hydrogen-bond acceptors (Lipinski definition) is 2. The molecular weight excluding hydrogens is 224 g/mol. The molecule has 0 N–H and O–H groups in total. The quantitative estimate of drug-likeness (QED) is 0.432. The Kier molecular flexibility index (Phi) is 3.96. The van der Waals surface area contributed by atoms with Gasteiger partial charge in [0.2, 0.25) is 0 Å². The number of carbonyl (C=O) groups excluding carboxylic acids is 1. The SMILES string of the molecule is C#CC(OC(=O)C1C(C)(C)C1(C)C)/C(C)=C/CC. The van der Waals surface area contributed by atoms with Gasteiger partial charge in [0.25, 0.3) is 0 Å². The second-order valence-electron chi connectivity index (χ2n) is 6.22. The van der Waals surface area contributed by atoms with Crippen LogP contribution >= 0.6 is 0 Å². The minimum absolute atomic E-state index is 0.00833. The second kappa shape index (κ2) is 4.80. The molecular formula is C16H24O2. The smallest absolute Gasteiger partial charge is 0.311 e. The lowest BCUT2D eigenvalue weighted by molar-refractivity contribution is -0.148. The van der Waals surface area contributed by atoms with E-state index in [9.17, 15) is 4.79 Å². The van der Waals surface area contributed by atoms with E-state index in [1.54, 1.807) is 0 Å². The molecule has 2 nitrogen and oxygen atoms in total. The van der Waals surface area contributed by atoms with Crippen LogP contribution in [0.1, 0.15) is 48.0 Å². The van der Waals surface area contributed by atoms with Crippen molar-refractivity contribution in [2.75, 3.05) is 0 Å². The van der Waals surface area contributed by atoms with Crippen molar-refractivity contribution in [1.29, 1.82) is 0 Å². The largest absolute Gasteiger partial charge is 0.444 e. The predicted molar refractivity (Wildman–Crippen MR) is 73.8 cm³/mol. The molecule has 2 heteroatoms. The Balaban J connectivity index is 2.73. The lowest BCUT2D eigenvalue weighted by Gasteiger charge is -2.14. The lowest BCUT2D eigenvalue weighted by atomic mass is 10.0. The van der Waals surface area contributed by atoms with Gasteiger partial charge in [-0.25, -0.2) is 0 Å². The fourth-order valence-electron chi connectivity index (χ4n) is 2.66. The topological polar surface area (TPSA) is 26.3 Å². The molecule has 1 aliphatic carbocycles. The number of ether oxygens (including phenoxy) is 1. The minimum atomic E-state index is -0.523. The van der Waals surface area contributed by atoms with E-state index in [2.05, 4.69) is 33.6 Å². The van der Waals surface area contributed by atoms with Crippen molar-refractivity contribution < 1.29 is 9.53 Å². The van der Waals surface area contributed by atoms with Crippen LogP contribution in [0.4, 0.5) is 0 Å². The summed E-state index contributed by atoms with van der Waals surface area (Å²) < 4.78 is 5.47. The van der Waals surface area contributed by atoms with Gasteiger partial charge in [-0.1, -0.05) is 46.6 Å². The first-order valence-corrected chi connectivity index (χ1v) is 6.53. The fourth-order valence-corrected chi connectivity index (χ4v) is 2.66. The number of esters is 1. The fraction of sp³-hybridized carbons (Fsp3) is 0.688. The minimum Gasteiger partial charge on any atom is -0.444 e. The van der Waals surface area contributed by atoms with E-state index < -0.39 is 6.10 Å². The molecule has 0 heterocycles. The molecule has 18 heavy (non-hydrogen) atoms. The summed E-state index contributed by atoms with van der Waals surface area (Å²) in [4.78, 5) is 12.2. The van der Waals surface area contributed by atoms with Crippen molar-refractivity contribution in [3.05, 3.63) is 11.6 Å². The van der Waals surface area contributed by atoms with Crippen LogP contribution in [0.3, 0.4) is 0 Å². The zero-order valence-corrected chi connectivity index (χ0v) is 12.3. The molecule has 1 atom stereocenters. The van der Waals surface area contributed by atoms with Crippen LogP contribution < -0.4 is 0 Å². The first kappa shape index (κ1) is 14.8. The van der Waals surface area contributed by atoms with Gasteiger partial charge in [0.15, 0.2) is 6.10 Å². The molecule has 0 saturated heterocycles. The van der Waals surface area contributed by atoms with Gasteiger partial charge in [0.1, 0.15) is 0 Å². The third-order valence-corrected chi connectivity index (χ3v) is 4.58. The zero-order valence-electron chi connectivity index (χ0n) is 12.3. The van der Waals surface area contributed by atoms with Gasteiger partial charge in [-0.2, -0.15) is 0 Å². The standard InChI is InChI=1S/C16H24O2/c1-8-10-11(3)12(9-2)18-14(17)13-15(4,5)16(13,6)7/h2,10,12-13H,8H2,1,3-7H3/b11-10+. The summed E-state index contributed by atoms with van der Waals surface area (Å²) in [7, 11) is 0. The molecule has 1 rings (SSSR count). The third kappa shape index (κ3) is 2.32. The van der Waals surface area contributed by atoms with Gasteiger partial charge in [-0.15, -0.1) is 6.42 Å². The molecule has 0 aromatic carbocycles. The van der Waals surface area contributed by atoms with E-state index >= 15 is 0 Å². The number of carbonyl (C=O) groups is 1. The number of rotatable bonds is 4. The van der Waals surface area contributed by atoms with Crippen LogP contribution in [-0.4, -0.2) is 12.1 Å². The van der Waals surface area contributed by atoms with Gasteiger partial charge in [0, 0.05) is 0 Å². The Morgan fingerprint density at radius 1 is 1.39 bits per heavy atom. The van der Waals surface area contributed by atoms with Crippen molar-refractivity contribution in [1.82, 2.24) is 0 Å². The van der Waals surface area contributed by atoms with E-state index in [4.69, 9.17) is 11.2 Å². The summed E-state index contributed by atoms with van der Waals surface area (Å²) in [5, 5.41) is 0. The maximum absolute atomic E-state index is 12.2. The average molecular weight is 248 g/mol. The van der Waals surface area contributed by atoms with E-state index in [1.807, 2.05) is 19.9 Å². The van der Waals surface area contributed by atoms with E-state index in [0.29, 0.717) is 0 Å². The molecule has 1 unspecified atom stereocenters. The molecule has 0 spiro atoms. The van der Waals surface area contributed by atoms with Gasteiger partial charge in [0.05, 0.1) is 5.92 Å². The summed E-state index contributed by atoms with van der Waals surface area (Å²) in [5.74, 6) is 2.31. The van der Waals surface area contributed by atoms with Crippen LogP contribution in [0.5, 0.6) is 0 Å². The van der Waals surface area contributed by atoms with Gasteiger partial charge >= 0.3 is 5.97 Å². The van der Waals surface area contributed by atoms with Gasteiger partial charge < -0.3 is 4.74 Å². The summed E-state index contributed by atoms with van der Waals surface area (Å²) in [6.45, 7) is 12.3. The molecule has 100 valence electrons. The van der Waals surface area contributed by atoms with E-state index in [1.165, 1.54) is 0 Å². The molecule has 1 fully saturated rings. The van der Waals surface area contributed by atoms with E-state index in [-0.39, 0.29) is 22.7 Å². The highest BCUT2D eigenvalue weighted by Gasteiger charge is 2.69. The number of allylic oxidation sites excluding steroid dienone is 1. The first-order valence-electron chi connectivity index (χ1n) is 6.53. The normalized spacial score (nSPS) is 23.1. The Labute approximate surface area is 111 Å². The summed E-state index contributed by atoms with van der Waals surface area (Å²) in [5.41, 5.74) is 0.918. The number of hydrogen-bond donors (Lipinski definition) is 0. The molecule has 0 radical (unpaired) electrons. The molecule has 0 aromatic heterocycles. The monoisotopic (exact) mass is 248 g/mol. The molecule has 0 aromatic rings. The second-order valence-corrected chi connectivity index (χ2v) is 6.22. The summed E-state index contributed by atoms with van der Waals surface area (Å²) in [6.07, 6.45) is 7.81. The maximum atomic E-state index is 12.2. The molecule has 1 saturated carbocycles. The van der Waals surface area contributed by atoms with Crippen LogP contribution in [-0.2, 0) is 9.53 Å². The average Bonchev–Trinajstić information content (AvgIpc) is 2.66. The lowest BCUT2D eigenvalue weighted by Crippen LogP contribution is -2.21. The summed E-state index contributed by atoms with van der Waals surface area (Å²) >= 11 is 0. The molecule has 0 bridgehead atoms. The van der Waals surface area contributed by atoms with Crippen molar-refractivity contribution in [2.45, 2.75) is 54.1 Å². The highest BCUT2D eigenvalue weighted by atomic mass is 16.5. The number of terminal acetylenes is 1. The predicted octanol–water partition coefficient (Wildman–Crippen LogP) is 3.57. The van der Waals surface area contributed by atoms with Crippen LogP contribution in [0.15, 0.2) is 11.6 Å². The summed E-state index contributed by atoms with van der Waals surface area (Å²) in [6, 6.07) is 0. The van der Waals surface area contributed by atoms with Crippen molar-refractivity contribution >= 4 is 5.97 Å². The van der Waals surface area contributed by atoms with Crippen molar-refractivity contribution in [3.8, 4) is 12.3 Å². The molecule has 1 aliphatic rings. The van der Waals surface area contributed by atoms with Crippen molar-refractivity contribution in [2.24, 2.45) is 16.7 Å². The van der Waals surface area contributed by atoms with Crippen LogP contribution in [0.25, 0.3) is 0 Å². The zero-order chi connectivity index (χ0) is 14.1. The highest BCUT2D eigenvalue weighted by molar-refractivity contribution is 5.79. The highest BCUT2D eigenvalue weighted by Crippen LogP contribution is 2.68. The maximum Gasteiger partial charge on any atom is 0.311 e. The Hall–Kier alpha value is -1.23. The first-order chi connectivity index (χ1) is 8.20. The van der Waals surface area contributed by atoms with Gasteiger partial charge in [-0.05, 0) is 29.7 Å². The van der Waals surface area contributed by atoms with Crippen molar-refractivity contribution in [3.63, 3.8) is 0 Å². The molecule has 0 aliphatic heterocycles. The Morgan fingerprint density at radius 3 is 2.22 bits per heavy atom. The van der Waals surface area contributed by atoms with E-state index in [0.717, 1.165) is 12.0 Å². The Bertz CT molecular complexity index is 393. The van der Waals surface area contributed by atoms with Gasteiger partial charge in [-0.3, -0.25) is 4.79 Å². The Morgan fingerprint density at radius 2 is 1.89 bits per heavy atom. The third-order valence-electron chi connectivity index (χ3n) is 4.58. The van der Waals surface area contributed by atoms with Crippen LogP contribution in [0, 0.1) is 29.1 Å².